The number of fused-ring (bicyclic) bond motifs is 1. The van der Waals surface area contributed by atoms with E-state index in [9.17, 15) is 4.79 Å². The summed E-state index contributed by atoms with van der Waals surface area (Å²) in [6.07, 6.45) is 5.86. The van der Waals surface area contributed by atoms with Gasteiger partial charge < -0.3 is 14.6 Å². The van der Waals surface area contributed by atoms with Crippen LogP contribution in [0.4, 0.5) is 0 Å². The highest BCUT2D eigenvalue weighted by atomic mass is 79.9. The Hall–Kier alpha value is -2.60. The van der Waals surface area contributed by atoms with Gasteiger partial charge in [-0.3, -0.25) is 4.79 Å². The Morgan fingerprint density at radius 3 is 2.75 bits per heavy atom. The van der Waals surface area contributed by atoms with Gasteiger partial charge in [-0.2, -0.15) is 0 Å². The molecule has 0 aliphatic rings. The van der Waals surface area contributed by atoms with Crippen molar-refractivity contribution in [2.24, 2.45) is 0 Å². The van der Waals surface area contributed by atoms with Gasteiger partial charge in [0.15, 0.2) is 0 Å². The van der Waals surface area contributed by atoms with E-state index in [0.717, 1.165) is 26.7 Å². The largest absolute Gasteiger partial charge is 0.492 e. The predicted octanol–water partition coefficient (Wildman–Crippen LogP) is 6.23. The Morgan fingerprint density at radius 1 is 1.22 bits per heavy atom. The molecule has 0 spiro atoms. The Morgan fingerprint density at radius 2 is 2.00 bits per heavy atom. The van der Waals surface area contributed by atoms with Crippen molar-refractivity contribution in [1.82, 2.24) is 9.88 Å². The fourth-order valence-electron chi connectivity index (χ4n) is 3.34. The molecular formula is C26H26BrClN2O2. The molecule has 0 atom stereocenters. The van der Waals surface area contributed by atoms with Crippen LogP contribution in [0.5, 0.6) is 5.75 Å². The molecule has 4 nitrogen and oxygen atoms in total. The minimum Gasteiger partial charge on any atom is -0.492 e. The van der Waals surface area contributed by atoms with Gasteiger partial charge in [0.25, 0.3) is 5.56 Å². The molecule has 32 heavy (non-hydrogen) atoms. The summed E-state index contributed by atoms with van der Waals surface area (Å²) in [6.45, 7) is 7.82. The third kappa shape index (κ3) is 6.70. The third-order valence-electron chi connectivity index (χ3n) is 4.80. The van der Waals surface area contributed by atoms with Gasteiger partial charge >= 0.3 is 0 Å². The normalized spacial score (nSPS) is 11.9. The molecule has 3 rings (SSSR count). The second kappa shape index (κ2) is 11.9. The number of nitrogens with one attached hydrogen (secondary N) is 1. The predicted molar refractivity (Wildman–Crippen MR) is 138 cm³/mol. The van der Waals surface area contributed by atoms with Gasteiger partial charge in [0.2, 0.25) is 0 Å². The van der Waals surface area contributed by atoms with Crippen LogP contribution in [0.2, 0.25) is 5.02 Å². The smallest absolute Gasteiger partial charge is 0.255 e. The summed E-state index contributed by atoms with van der Waals surface area (Å²) in [6, 6.07) is 17.1. The van der Waals surface area contributed by atoms with Crippen LogP contribution in [0.25, 0.3) is 10.9 Å². The average molecular weight is 514 g/mol. The third-order valence-corrected chi connectivity index (χ3v) is 5.52. The number of benzene rings is 2. The molecule has 0 unspecified atom stereocenters. The van der Waals surface area contributed by atoms with Crippen molar-refractivity contribution < 1.29 is 4.74 Å². The zero-order chi connectivity index (χ0) is 22.9. The summed E-state index contributed by atoms with van der Waals surface area (Å²) in [4.78, 5) is 13.2. The summed E-state index contributed by atoms with van der Waals surface area (Å²) >= 11 is 9.69. The van der Waals surface area contributed by atoms with Crippen molar-refractivity contribution in [3.8, 4) is 5.75 Å². The maximum Gasteiger partial charge on any atom is 0.255 e. The standard InChI is InChI=1S/C26H26BrClN2O2/c1-3-7-22(27)14-19(2)17-29-18-21-15-20-10-11-23(28)16-25(20)30(26(21)31)12-13-32-24-8-5-4-6-9-24/h3-11,14-16,29H,2,12-13,17-18H2,1H3/b7-3-,22-14+. The molecule has 0 radical (unpaired) electrons. The summed E-state index contributed by atoms with van der Waals surface area (Å²) in [7, 11) is 0. The highest BCUT2D eigenvalue weighted by Gasteiger charge is 2.10. The minimum atomic E-state index is -0.0554. The molecule has 0 amide bonds. The number of hydrogen-bond acceptors (Lipinski definition) is 3. The number of ether oxygens (including phenoxy) is 1. The number of hydrogen-bond donors (Lipinski definition) is 1. The van der Waals surface area contributed by atoms with Crippen molar-refractivity contribution in [3.63, 3.8) is 0 Å². The molecule has 1 aromatic heterocycles. The Kier molecular flexibility index (Phi) is 8.91. The van der Waals surface area contributed by atoms with Gasteiger partial charge in [-0.15, -0.1) is 0 Å². The van der Waals surface area contributed by atoms with E-state index in [1.807, 2.05) is 79.7 Å². The molecule has 0 saturated heterocycles. The van der Waals surface area contributed by atoms with E-state index in [2.05, 4.69) is 27.8 Å². The van der Waals surface area contributed by atoms with Gasteiger partial charge in [0.05, 0.1) is 12.1 Å². The lowest BCUT2D eigenvalue weighted by atomic mass is 10.1. The number of allylic oxidation sites excluding steroid dienone is 3. The lowest BCUT2D eigenvalue weighted by Gasteiger charge is -2.14. The molecule has 2 aromatic carbocycles. The number of halogens is 2. The van der Waals surface area contributed by atoms with Crippen LogP contribution in [0.15, 0.2) is 94.3 Å². The van der Waals surface area contributed by atoms with Crippen molar-refractivity contribution in [3.05, 3.63) is 110 Å². The highest BCUT2D eigenvalue weighted by molar-refractivity contribution is 9.11. The first-order valence-corrected chi connectivity index (χ1v) is 11.5. The van der Waals surface area contributed by atoms with Crippen LogP contribution >= 0.6 is 27.5 Å². The van der Waals surface area contributed by atoms with Crippen molar-refractivity contribution in [2.75, 3.05) is 13.2 Å². The van der Waals surface area contributed by atoms with Crippen LogP contribution in [-0.4, -0.2) is 17.7 Å². The average Bonchev–Trinajstić information content (AvgIpc) is 2.77. The van der Waals surface area contributed by atoms with Crippen LogP contribution < -0.4 is 15.6 Å². The van der Waals surface area contributed by atoms with E-state index in [1.54, 1.807) is 4.57 Å². The Balaban J connectivity index is 1.77. The molecule has 6 heteroatoms. The molecule has 0 fully saturated rings. The van der Waals surface area contributed by atoms with Crippen LogP contribution in [0.3, 0.4) is 0 Å². The maximum atomic E-state index is 13.2. The van der Waals surface area contributed by atoms with Crippen molar-refractivity contribution >= 4 is 38.4 Å². The van der Waals surface area contributed by atoms with Gasteiger partial charge in [0.1, 0.15) is 12.4 Å². The molecule has 1 N–H and O–H groups in total. The fraction of sp³-hybridized carbons (Fsp3) is 0.192. The monoisotopic (exact) mass is 512 g/mol. The molecule has 0 aliphatic carbocycles. The molecule has 0 aliphatic heterocycles. The van der Waals surface area contributed by atoms with Crippen LogP contribution in [-0.2, 0) is 13.1 Å². The Bertz CT molecular complexity index is 1200. The highest BCUT2D eigenvalue weighted by Crippen LogP contribution is 2.19. The summed E-state index contributed by atoms with van der Waals surface area (Å²) < 4.78 is 8.51. The number of aromatic nitrogens is 1. The zero-order valence-corrected chi connectivity index (χ0v) is 20.3. The minimum absolute atomic E-state index is 0.0554. The number of nitrogens with zero attached hydrogens (tertiary/aromatic N) is 1. The van der Waals surface area contributed by atoms with Gasteiger partial charge in [-0.25, -0.2) is 0 Å². The van der Waals surface area contributed by atoms with E-state index in [0.29, 0.717) is 36.8 Å². The van der Waals surface area contributed by atoms with Gasteiger partial charge in [-0.1, -0.05) is 70.5 Å². The topological polar surface area (TPSA) is 43.3 Å². The number of pyridine rings is 1. The second-order valence-corrected chi connectivity index (χ2v) is 8.63. The molecular weight excluding hydrogens is 488 g/mol. The van der Waals surface area contributed by atoms with Crippen molar-refractivity contribution in [1.29, 1.82) is 0 Å². The molecule has 166 valence electrons. The molecule has 0 bridgehead atoms. The molecule has 0 saturated carbocycles. The summed E-state index contributed by atoms with van der Waals surface area (Å²) in [5, 5.41) is 4.87. The zero-order valence-electron chi connectivity index (χ0n) is 18.0. The SMILES string of the molecule is C=C(/C=C(Br)\C=C/C)CNCc1cc2ccc(Cl)cc2n(CCOc2ccccc2)c1=O. The second-order valence-electron chi connectivity index (χ2n) is 7.28. The van der Waals surface area contributed by atoms with Crippen LogP contribution in [0, 0.1) is 0 Å². The lowest BCUT2D eigenvalue weighted by Crippen LogP contribution is -2.29. The first-order valence-electron chi connectivity index (χ1n) is 10.4. The number of rotatable bonds is 10. The van der Waals surface area contributed by atoms with E-state index >= 15 is 0 Å². The van der Waals surface area contributed by atoms with E-state index in [4.69, 9.17) is 16.3 Å². The quantitative estimate of drug-likeness (QED) is 0.327. The first kappa shape index (κ1) is 24.1. The van der Waals surface area contributed by atoms with Crippen molar-refractivity contribution in [2.45, 2.75) is 20.0 Å². The summed E-state index contributed by atoms with van der Waals surface area (Å²) in [5.41, 5.74) is 2.34. The van der Waals surface area contributed by atoms with E-state index in [-0.39, 0.29) is 5.56 Å². The number of para-hydroxylation sites is 1. The van der Waals surface area contributed by atoms with Crippen LogP contribution in [0.1, 0.15) is 12.5 Å². The van der Waals surface area contributed by atoms with Gasteiger partial charge in [0, 0.05) is 28.2 Å². The molecule has 3 aromatic rings. The maximum absolute atomic E-state index is 13.2. The Labute approximate surface area is 202 Å². The van der Waals surface area contributed by atoms with Gasteiger partial charge in [-0.05, 0) is 54.3 Å². The van der Waals surface area contributed by atoms with E-state index in [1.165, 1.54) is 0 Å². The molecule has 1 heterocycles. The fourth-order valence-corrected chi connectivity index (χ4v) is 4.09. The summed E-state index contributed by atoms with van der Waals surface area (Å²) in [5.74, 6) is 0.774. The first-order chi connectivity index (χ1) is 15.5. The van der Waals surface area contributed by atoms with E-state index < -0.39 is 0 Å². The lowest BCUT2D eigenvalue weighted by molar-refractivity contribution is 0.298.